The molecule has 2 aromatic rings. The Morgan fingerprint density at radius 3 is 2.92 bits per heavy atom. The number of anilines is 1. The van der Waals surface area contributed by atoms with Gasteiger partial charge in [-0.25, -0.2) is 0 Å². The lowest BCUT2D eigenvalue weighted by atomic mass is 10.1. The molecule has 2 heterocycles. The molecule has 1 aliphatic rings. The van der Waals surface area contributed by atoms with Gasteiger partial charge in [-0.3, -0.25) is 9.69 Å². The summed E-state index contributed by atoms with van der Waals surface area (Å²) in [7, 11) is 1.88. The van der Waals surface area contributed by atoms with Gasteiger partial charge < -0.3 is 10.0 Å². The Morgan fingerprint density at radius 1 is 1.36 bits per heavy atom. The molecule has 3 rings (SSSR count). The van der Waals surface area contributed by atoms with Crippen LogP contribution in [-0.4, -0.2) is 58.9 Å². The van der Waals surface area contributed by atoms with E-state index in [4.69, 9.17) is 16.7 Å². The zero-order valence-corrected chi connectivity index (χ0v) is 15.6. The first kappa shape index (κ1) is 18.1. The van der Waals surface area contributed by atoms with Gasteiger partial charge in [0, 0.05) is 24.7 Å². The number of likely N-dealkylation sites (N-methyl/N-ethyl adjacent to an activating group) is 1. The van der Waals surface area contributed by atoms with Crippen LogP contribution in [0.25, 0.3) is 10.6 Å². The number of hydrogen-bond donors (Lipinski definition) is 1. The monoisotopic (exact) mass is 380 g/mol. The van der Waals surface area contributed by atoms with Crippen LogP contribution in [0.2, 0.25) is 5.02 Å². The smallest absolute Gasteiger partial charge is 0.317 e. The molecule has 1 saturated heterocycles. The maximum Gasteiger partial charge on any atom is 0.317 e. The summed E-state index contributed by atoms with van der Waals surface area (Å²) >= 11 is 7.79. The van der Waals surface area contributed by atoms with Crippen molar-refractivity contribution in [2.24, 2.45) is 0 Å². The third-order valence-corrected chi connectivity index (χ3v) is 5.84. The van der Waals surface area contributed by atoms with Crippen LogP contribution in [-0.2, 0) is 4.79 Å². The lowest BCUT2D eigenvalue weighted by Crippen LogP contribution is -2.36. The summed E-state index contributed by atoms with van der Waals surface area (Å²) in [4.78, 5) is 15.1. The van der Waals surface area contributed by atoms with Crippen molar-refractivity contribution in [3.05, 3.63) is 29.3 Å². The fourth-order valence-corrected chi connectivity index (χ4v) is 4.36. The fraction of sp³-hybridized carbons (Fsp3) is 0.471. The van der Waals surface area contributed by atoms with Crippen LogP contribution in [0.3, 0.4) is 0 Å². The van der Waals surface area contributed by atoms with Crippen molar-refractivity contribution >= 4 is 34.0 Å². The van der Waals surface area contributed by atoms with Gasteiger partial charge in [-0.2, -0.15) is 0 Å². The summed E-state index contributed by atoms with van der Waals surface area (Å²) in [5, 5.41) is 20.0. The molecule has 0 amide bonds. The minimum absolute atomic E-state index is 0.0835. The van der Waals surface area contributed by atoms with E-state index in [2.05, 4.69) is 15.1 Å². The highest BCUT2D eigenvalue weighted by Crippen LogP contribution is 2.33. The Balaban J connectivity index is 1.67. The van der Waals surface area contributed by atoms with E-state index in [9.17, 15) is 4.79 Å². The van der Waals surface area contributed by atoms with E-state index in [1.54, 1.807) is 11.3 Å². The molecule has 0 aliphatic carbocycles. The Labute approximate surface area is 156 Å². The Morgan fingerprint density at radius 2 is 2.16 bits per heavy atom. The maximum absolute atomic E-state index is 10.9. The average Bonchev–Trinajstić information content (AvgIpc) is 2.92. The molecule has 1 aromatic carbocycles. The van der Waals surface area contributed by atoms with Crippen LogP contribution in [0, 0.1) is 0 Å². The quantitative estimate of drug-likeness (QED) is 0.858. The number of aliphatic carboxylic acids is 1. The second-order valence-electron chi connectivity index (χ2n) is 6.25. The number of aromatic nitrogens is 2. The molecule has 1 unspecified atom stereocenters. The summed E-state index contributed by atoms with van der Waals surface area (Å²) < 4.78 is 0. The molecule has 1 aromatic heterocycles. The number of rotatable bonds is 5. The van der Waals surface area contributed by atoms with E-state index in [0.717, 1.165) is 48.1 Å². The van der Waals surface area contributed by atoms with Gasteiger partial charge in [0.25, 0.3) is 0 Å². The van der Waals surface area contributed by atoms with Crippen LogP contribution in [0.15, 0.2) is 24.3 Å². The van der Waals surface area contributed by atoms with Crippen molar-refractivity contribution in [1.82, 2.24) is 15.1 Å². The number of hydrogen-bond acceptors (Lipinski definition) is 6. The molecule has 1 aliphatic heterocycles. The standard InChI is InChI=1S/C17H21ClN4O2S/c1-21(11-15(23)24)12-5-4-9-22(10-8-12)17-20-19-16(25-17)13-6-2-3-7-14(13)18/h2-3,6-7,12H,4-5,8-11H2,1H3,(H,23,24). The Hall–Kier alpha value is -1.70. The molecule has 0 saturated carbocycles. The first-order chi connectivity index (χ1) is 12.0. The van der Waals surface area contributed by atoms with Crippen LogP contribution < -0.4 is 4.90 Å². The molecule has 1 fully saturated rings. The van der Waals surface area contributed by atoms with E-state index in [1.165, 1.54) is 0 Å². The van der Waals surface area contributed by atoms with Gasteiger partial charge in [-0.15, -0.1) is 10.2 Å². The lowest BCUT2D eigenvalue weighted by Gasteiger charge is -2.25. The molecule has 0 radical (unpaired) electrons. The highest BCUT2D eigenvalue weighted by molar-refractivity contribution is 7.18. The number of nitrogens with zero attached hydrogens (tertiary/aromatic N) is 4. The van der Waals surface area contributed by atoms with Crippen molar-refractivity contribution in [2.75, 3.05) is 31.6 Å². The van der Waals surface area contributed by atoms with Crippen molar-refractivity contribution in [3.63, 3.8) is 0 Å². The first-order valence-electron chi connectivity index (χ1n) is 8.30. The molecule has 25 heavy (non-hydrogen) atoms. The van der Waals surface area contributed by atoms with Crippen molar-refractivity contribution in [3.8, 4) is 10.6 Å². The van der Waals surface area contributed by atoms with Gasteiger partial charge in [-0.1, -0.05) is 41.1 Å². The van der Waals surface area contributed by atoms with E-state index in [1.807, 2.05) is 36.2 Å². The van der Waals surface area contributed by atoms with Gasteiger partial charge in [0.05, 0.1) is 11.6 Å². The molecule has 6 nitrogen and oxygen atoms in total. The van der Waals surface area contributed by atoms with E-state index < -0.39 is 5.97 Å². The minimum Gasteiger partial charge on any atom is -0.480 e. The van der Waals surface area contributed by atoms with Crippen LogP contribution >= 0.6 is 22.9 Å². The maximum atomic E-state index is 10.9. The highest BCUT2D eigenvalue weighted by atomic mass is 35.5. The predicted molar refractivity (Wildman–Crippen MR) is 100 cm³/mol. The summed E-state index contributed by atoms with van der Waals surface area (Å²) in [6.45, 7) is 1.85. The van der Waals surface area contributed by atoms with E-state index in [-0.39, 0.29) is 12.6 Å². The molecule has 1 N–H and O–H groups in total. The zero-order chi connectivity index (χ0) is 17.8. The van der Waals surface area contributed by atoms with Crippen LogP contribution in [0.5, 0.6) is 0 Å². The normalized spacial score (nSPS) is 18.4. The predicted octanol–water partition coefficient (Wildman–Crippen LogP) is 3.23. The van der Waals surface area contributed by atoms with Gasteiger partial charge in [0.1, 0.15) is 0 Å². The fourth-order valence-electron chi connectivity index (χ4n) is 3.14. The first-order valence-corrected chi connectivity index (χ1v) is 9.49. The summed E-state index contributed by atoms with van der Waals surface area (Å²) in [5.74, 6) is -0.780. The number of carbonyl (C=O) groups is 1. The third-order valence-electron chi connectivity index (χ3n) is 4.49. The topological polar surface area (TPSA) is 69.6 Å². The molecule has 8 heteroatoms. The minimum atomic E-state index is -0.780. The molecule has 134 valence electrons. The third kappa shape index (κ3) is 4.48. The lowest BCUT2D eigenvalue weighted by molar-refractivity contribution is -0.138. The second kappa shape index (κ2) is 8.12. The second-order valence-corrected chi connectivity index (χ2v) is 7.61. The van der Waals surface area contributed by atoms with E-state index >= 15 is 0 Å². The number of carboxylic acids is 1. The van der Waals surface area contributed by atoms with E-state index in [0.29, 0.717) is 5.02 Å². The summed E-state index contributed by atoms with van der Waals surface area (Å²) in [6, 6.07) is 7.93. The number of halogens is 1. The molecular weight excluding hydrogens is 360 g/mol. The van der Waals surface area contributed by atoms with Crippen LogP contribution in [0.4, 0.5) is 5.13 Å². The van der Waals surface area contributed by atoms with Gasteiger partial charge in [0.15, 0.2) is 5.01 Å². The van der Waals surface area contributed by atoms with Gasteiger partial charge >= 0.3 is 5.97 Å². The van der Waals surface area contributed by atoms with Crippen molar-refractivity contribution < 1.29 is 9.90 Å². The van der Waals surface area contributed by atoms with Crippen molar-refractivity contribution in [1.29, 1.82) is 0 Å². The Kier molecular flexibility index (Phi) is 5.88. The van der Waals surface area contributed by atoms with Crippen LogP contribution in [0.1, 0.15) is 19.3 Å². The zero-order valence-electron chi connectivity index (χ0n) is 14.1. The number of carboxylic acid groups (broad SMARTS) is 1. The molecule has 0 bridgehead atoms. The van der Waals surface area contributed by atoms with Gasteiger partial charge in [-0.05, 0) is 32.4 Å². The van der Waals surface area contributed by atoms with Crippen molar-refractivity contribution in [2.45, 2.75) is 25.3 Å². The Bertz CT molecular complexity index is 739. The SMILES string of the molecule is CN(CC(=O)O)C1CCCN(c2nnc(-c3ccccc3Cl)s2)CC1. The molecule has 1 atom stereocenters. The average molecular weight is 381 g/mol. The molecular formula is C17H21ClN4O2S. The van der Waals surface area contributed by atoms with Gasteiger partial charge in [0.2, 0.25) is 5.13 Å². The largest absolute Gasteiger partial charge is 0.480 e. The molecule has 0 spiro atoms. The highest BCUT2D eigenvalue weighted by Gasteiger charge is 2.23. The summed E-state index contributed by atoms with van der Waals surface area (Å²) in [6.07, 6.45) is 2.93. The summed E-state index contributed by atoms with van der Waals surface area (Å²) in [5.41, 5.74) is 0.904. The number of benzene rings is 1.